The maximum atomic E-state index is 12.9. The van der Waals surface area contributed by atoms with Gasteiger partial charge < -0.3 is 9.47 Å². The van der Waals surface area contributed by atoms with Crippen LogP contribution in [0.1, 0.15) is 82.8 Å². The third-order valence-electron chi connectivity index (χ3n) is 6.64. The van der Waals surface area contributed by atoms with E-state index in [0.29, 0.717) is 13.0 Å². The fourth-order valence-electron chi connectivity index (χ4n) is 4.59. The summed E-state index contributed by atoms with van der Waals surface area (Å²) in [4.78, 5) is 25.3. The van der Waals surface area contributed by atoms with Gasteiger partial charge in [0.05, 0.1) is 19.1 Å². The van der Waals surface area contributed by atoms with E-state index in [1.165, 1.54) is 19.8 Å². The van der Waals surface area contributed by atoms with Crippen molar-refractivity contribution in [1.82, 2.24) is 0 Å². The van der Waals surface area contributed by atoms with Gasteiger partial charge >= 0.3 is 0 Å². The van der Waals surface area contributed by atoms with E-state index >= 15 is 0 Å². The van der Waals surface area contributed by atoms with Crippen LogP contribution in [0.4, 0.5) is 0 Å². The van der Waals surface area contributed by atoms with Crippen molar-refractivity contribution in [2.24, 2.45) is 5.92 Å². The Hall–Kier alpha value is -3.14. The van der Waals surface area contributed by atoms with E-state index in [9.17, 15) is 9.59 Å². The average Bonchev–Trinajstić information content (AvgIpc) is 2.88. The lowest BCUT2D eigenvalue weighted by molar-refractivity contribution is -0.130. The van der Waals surface area contributed by atoms with Gasteiger partial charge in [-0.2, -0.15) is 0 Å². The molecule has 2 atom stereocenters. The zero-order valence-corrected chi connectivity index (χ0v) is 22.0. The Labute approximate surface area is 216 Å². The van der Waals surface area contributed by atoms with Crippen LogP contribution in [0.25, 0.3) is 6.08 Å². The van der Waals surface area contributed by atoms with Crippen molar-refractivity contribution < 1.29 is 19.1 Å². The maximum absolute atomic E-state index is 12.9. The SMILES string of the molecule is CCCCCOc1ccc(/C=C/C2=CC(=O)C(C(C)=O)C(c3ccc(OCCCCC)cc3)C2)cc1. The van der Waals surface area contributed by atoms with Crippen LogP contribution in [0.3, 0.4) is 0 Å². The fourth-order valence-corrected chi connectivity index (χ4v) is 4.59. The van der Waals surface area contributed by atoms with E-state index < -0.39 is 5.92 Å². The molecule has 0 aliphatic heterocycles. The molecule has 1 aliphatic rings. The number of carbonyl (C=O) groups is 2. The topological polar surface area (TPSA) is 52.6 Å². The minimum Gasteiger partial charge on any atom is -0.494 e. The molecule has 0 spiro atoms. The van der Waals surface area contributed by atoms with Gasteiger partial charge in [-0.3, -0.25) is 9.59 Å². The van der Waals surface area contributed by atoms with E-state index in [2.05, 4.69) is 13.8 Å². The van der Waals surface area contributed by atoms with Gasteiger partial charge in [0.1, 0.15) is 17.3 Å². The summed E-state index contributed by atoms with van der Waals surface area (Å²) in [6, 6.07) is 15.9. The number of unbranched alkanes of at least 4 members (excludes halogenated alkanes) is 4. The Balaban J connectivity index is 1.66. The molecule has 0 bridgehead atoms. The molecule has 0 saturated carbocycles. The molecular formula is C32H40O4. The van der Waals surface area contributed by atoms with Crippen LogP contribution in [0.2, 0.25) is 0 Å². The zero-order chi connectivity index (χ0) is 25.8. The minimum absolute atomic E-state index is 0.0845. The molecule has 0 heterocycles. The first-order valence-corrected chi connectivity index (χ1v) is 13.4. The summed E-state index contributed by atoms with van der Waals surface area (Å²) in [6.45, 7) is 7.31. The van der Waals surface area contributed by atoms with Crippen molar-refractivity contribution in [3.63, 3.8) is 0 Å². The molecule has 0 saturated heterocycles. The lowest BCUT2D eigenvalue weighted by Gasteiger charge is -2.28. The van der Waals surface area contributed by atoms with Crippen molar-refractivity contribution in [2.75, 3.05) is 13.2 Å². The second-order valence-electron chi connectivity index (χ2n) is 9.60. The van der Waals surface area contributed by atoms with Crippen LogP contribution in [0.15, 0.2) is 66.3 Å². The molecule has 192 valence electrons. The first-order valence-electron chi connectivity index (χ1n) is 13.4. The Morgan fingerprint density at radius 3 is 1.92 bits per heavy atom. The number of benzene rings is 2. The van der Waals surface area contributed by atoms with Gasteiger partial charge in [0.15, 0.2) is 5.78 Å². The lowest BCUT2D eigenvalue weighted by atomic mass is 9.73. The molecule has 2 unspecified atom stereocenters. The number of rotatable bonds is 14. The van der Waals surface area contributed by atoms with Gasteiger partial charge in [0.2, 0.25) is 0 Å². The number of Topliss-reactive ketones (excluding diaryl/α,β-unsaturated/α-hetero) is 1. The maximum Gasteiger partial charge on any atom is 0.167 e. The number of hydrogen-bond acceptors (Lipinski definition) is 4. The summed E-state index contributed by atoms with van der Waals surface area (Å²) in [5.41, 5.74) is 2.97. The lowest BCUT2D eigenvalue weighted by Crippen LogP contribution is -2.31. The van der Waals surface area contributed by atoms with E-state index in [-0.39, 0.29) is 17.5 Å². The van der Waals surface area contributed by atoms with Crippen molar-refractivity contribution >= 4 is 17.6 Å². The average molecular weight is 489 g/mol. The molecule has 0 radical (unpaired) electrons. The first kappa shape index (κ1) is 27.4. The minimum atomic E-state index is -0.636. The summed E-state index contributed by atoms with van der Waals surface area (Å²) in [5, 5.41) is 0. The molecule has 4 heteroatoms. The largest absolute Gasteiger partial charge is 0.494 e. The standard InChI is InChI=1S/C32H40O4/c1-4-6-8-20-35-28-16-12-25(13-17-28)10-11-26-22-30(32(24(3)33)31(34)23-26)27-14-18-29(19-15-27)36-21-9-7-5-2/h10-19,23,30,32H,4-9,20-22H2,1-3H3/b11-10+. The van der Waals surface area contributed by atoms with Gasteiger partial charge in [-0.1, -0.05) is 75.9 Å². The van der Waals surface area contributed by atoms with E-state index in [4.69, 9.17) is 9.47 Å². The summed E-state index contributed by atoms with van der Waals surface area (Å²) in [7, 11) is 0. The molecule has 1 aliphatic carbocycles. The van der Waals surface area contributed by atoms with Crippen LogP contribution in [-0.4, -0.2) is 24.8 Å². The van der Waals surface area contributed by atoms with Crippen molar-refractivity contribution in [1.29, 1.82) is 0 Å². The normalized spacial score (nSPS) is 17.8. The second-order valence-corrected chi connectivity index (χ2v) is 9.60. The quantitative estimate of drug-likeness (QED) is 0.202. The van der Waals surface area contributed by atoms with Gasteiger partial charge in [0, 0.05) is 5.92 Å². The zero-order valence-electron chi connectivity index (χ0n) is 22.0. The van der Waals surface area contributed by atoms with Gasteiger partial charge in [-0.25, -0.2) is 0 Å². The number of hydrogen-bond donors (Lipinski definition) is 0. The summed E-state index contributed by atoms with van der Waals surface area (Å²) >= 11 is 0. The van der Waals surface area contributed by atoms with Crippen LogP contribution in [0, 0.1) is 5.92 Å². The molecule has 4 nitrogen and oxygen atoms in total. The van der Waals surface area contributed by atoms with E-state index in [1.807, 2.05) is 60.7 Å². The number of allylic oxidation sites excluding steroid dienone is 3. The smallest absolute Gasteiger partial charge is 0.167 e. The van der Waals surface area contributed by atoms with Crippen LogP contribution in [-0.2, 0) is 9.59 Å². The Morgan fingerprint density at radius 1 is 0.833 bits per heavy atom. The Morgan fingerprint density at radius 2 is 1.39 bits per heavy atom. The molecule has 0 aromatic heterocycles. The molecule has 36 heavy (non-hydrogen) atoms. The van der Waals surface area contributed by atoms with Crippen molar-refractivity contribution in [2.45, 2.75) is 71.6 Å². The summed E-state index contributed by atoms with van der Waals surface area (Å²) in [5.74, 6) is 0.686. The van der Waals surface area contributed by atoms with Gasteiger partial charge in [-0.15, -0.1) is 0 Å². The highest BCUT2D eigenvalue weighted by molar-refractivity contribution is 6.09. The molecule has 3 rings (SSSR count). The predicted molar refractivity (Wildman–Crippen MR) is 147 cm³/mol. The highest BCUT2D eigenvalue weighted by atomic mass is 16.5. The molecule has 0 fully saturated rings. The van der Waals surface area contributed by atoms with Crippen LogP contribution >= 0.6 is 0 Å². The van der Waals surface area contributed by atoms with Gasteiger partial charge in [0.25, 0.3) is 0 Å². The van der Waals surface area contributed by atoms with E-state index in [1.54, 1.807) is 6.08 Å². The predicted octanol–water partition coefficient (Wildman–Crippen LogP) is 7.73. The van der Waals surface area contributed by atoms with Gasteiger partial charge in [-0.05, 0) is 73.2 Å². The third-order valence-corrected chi connectivity index (χ3v) is 6.64. The van der Waals surface area contributed by atoms with Crippen molar-refractivity contribution in [3.05, 3.63) is 77.4 Å². The fraction of sp³-hybridized carbons (Fsp3) is 0.438. The molecule has 0 N–H and O–H groups in total. The second kappa shape index (κ2) is 14.4. The summed E-state index contributed by atoms with van der Waals surface area (Å²) < 4.78 is 11.6. The highest BCUT2D eigenvalue weighted by Gasteiger charge is 2.35. The van der Waals surface area contributed by atoms with E-state index in [0.717, 1.165) is 60.5 Å². The third kappa shape index (κ3) is 8.22. The van der Waals surface area contributed by atoms with Crippen molar-refractivity contribution in [3.8, 4) is 11.5 Å². The monoisotopic (exact) mass is 488 g/mol. The molecule has 0 amide bonds. The molecule has 2 aromatic carbocycles. The Kier molecular flexibility index (Phi) is 11.0. The summed E-state index contributed by atoms with van der Waals surface area (Å²) in [6.07, 6.45) is 13.1. The van der Waals surface area contributed by atoms with Crippen LogP contribution < -0.4 is 9.47 Å². The number of ketones is 2. The van der Waals surface area contributed by atoms with Crippen LogP contribution in [0.5, 0.6) is 11.5 Å². The Bertz CT molecular complexity index is 1030. The highest BCUT2D eigenvalue weighted by Crippen LogP contribution is 2.38. The number of carbonyl (C=O) groups excluding carboxylic acids is 2. The molecule has 2 aromatic rings. The molecular weight excluding hydrogens is 448 g/mol. The number of ether oxygens (including phenoxy) is 2. The first-order chi connectivity index (χ1) is 17.5.